The van der Waals surface area contributed by atoms with E-state index in [0.717, 1.165) is 56.1 Å². The van der Waals surface area contributed by atoms with Gasteiger partial charge in [0, 0.05) is 44.2 Å². The molecular weight excluding hydrogens is 228 g/mol. The molecule has 0 aromatic carbocycles. The number of nitriles is 1. The number of hydrogen-bond acceptors (Lipinski definition) is 5. The fourth-order valence-electron chi connectivity index (χ4n) is 2.59. The molecule has 0 saturated carbocycles. The molecule has 0 unspecified atom stereocenters. The van der Waals surface area contributed by atoms with E-state index in [4.69, 9.17) is 4.74 Å². The number of hydrogen-bond donors (Lipinski definition) is 1. The Morgan fingerprint density at radius 1 is 1.28 bits per heavy atom. The van der Waals surface area contributed by atoms with Crippen molar-refractivity contribution in [3.8, 4) is 6.07 Å². The molecule has 1 aromatic heterocycles. The molecule has 94 valence electrons. The molecule has 0 spiro atoms. The summed E-state index contributed by atoms with van der Waals surface area (Å²) < 4.78 is 5.36. The monoisotopic (exact) mass is 244 g/mol. The molecule has 5 heteroatoms. The molecule has 1 fully saturated rings. The number of fused-ring (bicyclic) bond motifs is 1. The van der Waals surface area contributed by atoms with E-state index in [-0.39, 0.29) is 0 Å². The van der Waals surface area contributed by atoms with Crippen molar-refractivity contribution in [1.29, 1.82) is 5.26 Å². The van der Waals surface area contributed by atoms with Crippen molar-refractivity contribution in [3.63, 3.8) is 0 Å². The van der Waals surface area contributed by atoms with Gasteiger partial charge in [0.1, 0.15) is 17.6 Å². The van der Waals surface area contributed by atoms with Gasteiger partial charge in [-0.3, -0.25) is 0 Å². The quantitative estimate of drug-likeness (QED) is 0.794. The standard InChI is InChI=1S/C13H16N4O/c14-7-12-10-8-15-4-1-11(10)16-13(17-12)9-2-5-18-6-3-9/h9,15H,1-6,8H2. The number of nitrogens with zero attached hydrogens (tertiary/aromatic N) is 3. The summed E-state index contributed by atoms with van der Waals surface area (Å²) in [6.07, 6.45) is 2.81. The summed E-state index contributed by atoms with van der Waals surface area (Å²) in [5.74, 6) is 1.20. The first kappa shape index (κ1) is 11.6. The van der Waals surface area contributed by atoms with E-state index in [0.29, 0.717) is 18.2 Å². The van der Waals surface area contributed by atoms with Crippen LogP contribution in [0.1, 0.15) is 41.5 Å². The Hall–Kier alpha value is -1.51. The van der Waals surface area contributed by atoms with Crippen molar-refractivity contribution in [3.05, 3.63) is 22.8 Å². The average molecular weight is 244 g/mol. The fraction of sp³-hybridized carbons (Fsp3) is 0.615. The molecule has 3 heterocycles. The van der Waals surface area contributed by atoms with Crippen LogP contribution in [-0.4, -0.2) is 29.7 Å². The van der Waals surface area contributed by atoms with Crippen LogP contribution in [0.25, 0.3) is 0 Å². The van der Waals surface area contributed by atoms with Crippen LogP contribution in [0, 0.1) is 11.3 Å². The van der Waals surface area contributed by atoms with Gasteiger partial charge in [0.05, 0.1) is 5.69 Å². The summed E-state index contributed by atoms with van der Waals surface area (Å²) in [5, 5.41) is 12.5. The van der Waals surface area contributed by atoms with E-state index in [2.05, 4.69) is 21.4 Å². The van der Waals surface area contributed by atoms with Crippen LogP contribution in [0.3, 0.4) is 0 Å². The lowest BCUT2D eigenvalue weighted by molar-refractivity contribution is 0.0835. The molecule has 3 rings (SSSR count). The van der Waals surface area contributed by atoms with Crippen LogP contribution in [0.5, 0.6) is 0 Å². The summed E-state index contributed by atoms with van der Waals surface area (Å²) in [6.45, 7) is 3.19. The van der Waals surface area contributed by atoms with E-state index in [1.165, 1.54) is 0 Å². The van der Waals surface area contributed by atoms with Crippen LogP contribution in [0.2, 0.25) is 0 Å². The molecule has 1 N–H and O–H groups in total. The predicted octanol–water partition coefficient (Wildman–Crippen LogP) is 0.888. The van der Waals surface area contributed by atoms with Crippen LogP contribution < -0.4 is 5.32 Å². The summed E-state index contributed by atoms with van der Waals surface area (Å²) in [4.78, 5) is 9.15. The number of rotatable bonds is 1. The summed E-state index contributed by atoms with van der Waals surface area (Å²) in [5.41, 5.74) is 2.59. The second-order valence-electron chi connectivity index (χ2n) is 4.78. The highest BCUT2D eigenvalue weighted by atomic mass is 16.5. The summed E-state index contributed by atoms with van der Waals surface area (Å²) >= 11 is 0. The smallest absolute Gasteiger partial charge is 0.148 e. The van der Waals surface area contributed by atoms with E-state index in [1.807, 2.05) is 0 Å². The molecule has 0 radical (unpaired) electrons. The second kappa shape index (κ2) is 5.01. The van der Waals surface area contributed by atoms with Crippen molar-refractivity contribution in [1.82, 2.24) is 15.3 Å². The average Bonchev–Trinajstić information content (AvgIpc) is 2.47. The van der Waals surface area contributed by atoms with Crippen molar-refractivity contribution in [2.24, 2.45) is 0 Å². The third-order valence-electron chi connectivity index (χ3n) is 3.64. The predicted molar refractivity (Wildman–Crippen MR) is 65.0 cm³/mol. The lowest BCUT2D eigenvalue weighted by atomic mass is 9.98. The zero-order valence-electron chi connectivity index (χ0n) is 10.3. The van der Waals surface area contributed by atoms with E-state index in [1.54, 1.807) is 0 Å². The first-order chi connectivity index (χ1) is 8.88. The van der Waals surface area contributed by atoms with Gasteiger partial charge in [-0.1, -0.05) is 0 Å². The van der Waals surface area contributed by atoms with Gasteiger partial charge >= 0.3 is 0 Å². The second-order valence-corrected chi connectivity index (χ2v) is 4.78. The van der Waals surface area contributed by atoms with Crippen molar-refractivity contribution in [2.45, 2.75) is 31.7 Å². The largest absolute Gasteiger partial charge is 0.381 e. The van der Waals surface area contributed by atoms with Crippen molar-refractivity contribution < 1.29 is 4.74 Å². The first-order valence-electron chi connectivity index (χ1n) is 6.46. The SMILES string of the molecule is N#Cc1nc(C2CCOCC2)nc2c1CNCC2. The zero-order chi connectivity index (χ0) is 12.4. The first-order valence-corrected chi connectivity index (χ1v) is 6.46. The van der Waals surface area contributed by atoms with Crippen molar-refractivity contribution in [2.75, 3.05) is 19.8 Å². The van der Waals surface area contributed by atoms with Gasteiger partial charge in [-0.15, -0.1) is 0 Å². The number of ether oxygens (including phenoxy) is 1. The van der Waals surface area contributed by atoms with Crippen LogP contribution >= 0.6 is 0 Å². The maximum absolute atomic E-state index is 9.22. The highest BCUT2D eigenvalue weighted by molar-refractivity contribution is 5.36. The molecule has 2 aliphatic rings. The molecule has 0 amide bonds. The van der Waals surface area contributed by atoms with Gasteiger partial charge in [0.25, 0.3) is 0 Å². The highest BCUT2D eigenvalue weighted by Gasteiger charge is 2.23. The molecule has 0 atom stereocenters. The van der Waals surface area contributed by atoms with Crippen molar-refractivity contribution >= 4 is 0 Å². The molecule has 1 saturated heterocycles. The van der Waals surface area contributed by atoms with Gasteiger partial charge in [-0.05, 0) is 12.8 Å². The number of aromatic nitrogens is 2. The van der Waals surface area contributed by atoms with Crippen LogP contribution in [-0.2, 0) is 17.7 Å². The van der Waals surface area contributed by atoms with Gasteiger partial charge in [0.2, 0.25) is 0 Å². The third kappa shape index (κ3) is 2.09. The van der Waals surface area contributed by atoms with Crippen LogP contribution in [0.15, 0.2) is 0 Å². The van der Waals surface area contributed by atoms with E-state index >= 15 is 0 Å². The molecule has 0 bridgehead atoms. The van der Waals surface area contributed by atoms with Gasteiger partial charge < -0.3 is 10.1 Å². The Morgan fingerprint density at radius 2 is 2.11 bits per heavy atom. The molecular formula is C13H16N4O. The van der Waals surface area contributed by atoms with E-state index in [9.17, 15) is 5.26 Å². The van der Waals surface area contributed by atoms with E-state index < -0.39 is 0 Å². The molecule has 1 aromatic rings. The lowest BCUT2D eigenvalue weighted by Gasteiger charge is -2.23. The van der Waals surface area contributed by atoms with Crippen LogP contribution in [0.4, 0.5) is 0 Å². The molecule has 2 aliphatic heterocycles. The highest BCUT2D eigenvalue weighted by Crippen LogP contribution is 2.26. The Labute approximate surface area is 106 Å². The normalized spacial score (nSPS) is 20.2. The lowest BCUT2D eigenvalue weighted by Crippen LogP contribution is -2.27. The minimum absolute atomic E-state index is 0.353. The molecule has 18 heavy (non-hydrogen) atoms. The fourth-order valence-corrected chi connectivity index (χ4v) is 2.59. The minimum Gasteiger partial charge on any atom is -0.381 e. The topological polar surface area (TPSA) is 70.8 Å². The summed E-state index contributed by atoms with van der Waals surface area (Å²) in [7, 11) is 0. The summed E-state index contributed by atoms with van der Waals surface area (Å²) in [6, 6.07) is 2.21. The molecule has 0 aliphatic carbocycles. The Bertz CT molecular complexity index is 488. The molecule has 5 nitrogen and oxygen atoms in total. The zero-order valence-corrected chi connectivity index (χ0v) is 10.3. The Kier molecular flexibility index (Phi) is 3.22. The Balaban J connectivity index is 1.98. The van der Waals surface area contributed by atoms with Gasteiger partial charge in [0.15, 0.2) is 0 Å². The number of nitrogens with one attached hydrogen (secondary N) is 1. The third-order valence-corrected chi connectivity index (χ3v) is 3.64. The Morgan fingerprint density at radius 3 is 2.89 bits per heavy atom. The van der Waals surface area contributed by atoms with Gasteiger partial charge in [-0.25, -0.2) is 9.97 Å². The van der Waals surface area contributed by atoms with Gasteiger partial charge in [-0.2, -0.15) is 5.26 Å². The minimum atomic E-state index is 0.353. The maximum atomic E-state index is 9.22. The maximum Gasteiger partial charge on any atom is 0.148 e.